The van der Waals surface area contributed by atoms with E-state index >= 15 is 0 Å². The second-order valence-electron chi connectivity index (χ2n) is 5.63. The smallest absolute Gasteiger partial charge is 0.223 e. The zero-order valence-corrected chi connectivity index (χ0v) is 13.2. The van der Waals surface area contributed by atoms with Crippen LogP contribution >= 0.6 is 11.3 Å². The summed E-state index contributed by atoms with van der Waals surface area (Å²) >= 11 is 1.68. The molecule has 0 N–H and O–H groups in total. The molecule has 1 aliphatic rings. The fraction of sp³-hybridized carbons (Fsp3) is 0.500. The lowest BCUT2D eigenvalue weighted by Gasteiger charge is -2.35. The van der Waals surface area contributed by atoms with E-state index in [2.05, 4.69) is 11.1 Å². The van der Waals surface area contributed by atoms with Gasteiger partial charge >= 0.3 is 0 Å². The number of para-hydroxylation sites is 1. The minimum Gasteiger partial charge on any atom is -0.372 e. The van der Waals surface area contributed by atoms with Gasteiger partial charge in [-0.15, -0.1) is 11.3 Å². The zero-order valence-electron chi connectivity index (χ0n) is 12.4. The Labute approximate surface area is 128 Å². The van der Waals surface area contributed by atoms with Crippen molar-refractivity contribution in [1.29, 1.82) is 0 Å². The molecular formula is C16H20N2O2S. The highest BCUT2D eigenvalue weighted by atomic mass is 32.1. The molecule has 0 aliphatic carbocycles. The summed E-state index contributed by atoms with van der Waals surface area (Å²) in [6.07, 6.45) is 1.50. The summed E-state index contributed by atoms with van der Waals surface area (Å²) in [6, 6.07) is 8.10. The summed E-state index contributed by atoms with van der Waals surface area (Å²) in [6.45, 7) is 5.43. The van der Waals surface area contributed by atoms with Crippen LogP contribution in [-0.2, 0) is 16.0 Å². The fourth-order valence-corrected chi connectivity index (χ4v) is 3.75. The van der Waals surface area contributed by atoms with Crippen molar-refractivity contribution in [2.24, 2.45) is 0 Å². The second kappa shape index (κ2) is 6.12. The molecule has 2 atom stereocenters. The maximum Gasteiger partial charge on any atom is 0.223 e. The number of benzene rings is 1. The average Bonchev–Trinajstić information content (AvgIpc) is 2.86. The monoisotopic (exact) mass is 304 g/mol. The molecule has 1 aromatic carbocycles. The molecular weight excluding hydrogens is 284 g/mol. The number of carbonyl (C=O) groups is 1. The SMILES string of the molecule is C[C@@H]1CN(C(=O)CCc2nc3ccccc3s2)C[C@H](C)O1. The molecule has 1 aromatic heterocycles. The number of rotatable bonds is 3. The van der Waals surface area contributed by atoms with Crippen molar-refractivity contribution in [2.75, 3.05) is 13.1 Å². The van der Waals surface area contributed by atoms with Gasteiger partial charge in [0, 0.05) is 25.9 Å². The van der Waals surface area contributed by atoms with Gasteiger partial charge in [0.15, 0.2) is 0 Å². The van der Waals surface area contributed by atoms with E-state index in [-0.39, 0.29) is 18.1 Å². The lowest BCUT2D eigenvalue weighted by atomic mass is 10.2. The molecule has 0 spiro atoms. The van der Waals surface area contributed by atoms with Crippen LogP contribution in [0.25, 0.3) is 10.2 Å². The van der Waals surface area contributed by atoms with E-state index in [1.54, 1.807) is 11.3 Å². The van der Waals surface area contributed by atoms with Crippen LogP contribution in [0.15, 0.2) is 24.3 Å². The Kier molecular flexibility index (Phi) is 4.22. The van der Waals surface area contributed by atoms with E-state index in [1.807, 2.05) is 36.9 Å². The molecule has 1 aliphatic heterocycles. The number of aromatic nitrogens is 1. The van der Waals surface area contributed by atoms with Crippen LogP contribution in [0, 0.1) is 0 Å². The summed E-state index contributed by atoms with van der Waals surface area (Å²) in [4.78, 5) is 18.8. The third kappa shape index (κ3) is 3.41. The van der Waals surface area contributed by atoms with Crippen molar-refractivity contribution in [3.8, 4) is 0 Å². The number of carbonyl (C=O) groups excluding carboxylic acids is 1. The minimum absolute atomic E-state index is 0.125. The maximum atomic E-state index is 12.3. The Balaban J connectivity index is 1.60. The molecule has 1 saturated heterocycles. The van der Waals surface area contributed by atoms with Crippen LogP contribution < -0.4 is 0 Å². The Morgan fingerprint density at radius 2 is 2.05 bits per heavy atom. The quantitative estimate of drug-likeness (QED) is 0.875. The third-order valence-electron chi connectivity index (χ3n) is 3.66. The molecule has 5 heteroatoms. The molecule has 0 saturated carbocycles. The van der Waals surface area contributed by atoms with Crippen molar-refractivity contribution in [2.45, 2.75) is 38.9 Å². The molecule has 1 amide bonds. The van der Waals surface area contributed by atoms with Gasteiger partial charge < -0.3 is 9.64 Å². The number of ether oxygens (including phenoxy) is 1. The van der Waals surface area contributed by atoms with Crippen molar-refractivity contribution in [3.63, 3.8) is 0 Å². The Hall–Kier alpha value is -1.46. The number of fused-ring (bicyclic) bond motifs is 1. The van der Waals surface area contributed by atoms with E-state index < -0.39 is 0 Å². The normalized spacial score (nSPS) is 22.7. The van der Waals surface area contributed by atoms with Crippen molar-refractivity contribution < 1.29 is 9.53 Å². The summed E-state index contributed by atoms with van der Waals surface area (Å²) in [7, 11) is 0. The average molecular weight is 304 g/mol. The Morgan fingerprint density at radius 3 is 2.76 bits per heavy atom. The molecule has 0 radical (unpaired) electrons. The first-order valence-corrected chi connectivity index (χ1v) is 8.21. The van der Waals surface area contributed by atoms with Gasteiger partial charge in [-0.3, -0.25) is 4.79 Å². The number of hydrogen-bond acceptors (Lipinski definition) is 4. The molecule has 3 rings (SSSR count). The van der Waals surface area contributed by atoms with Crippen molar-refractivity contribution in [1.82, 2.24) is 9.88 Å². The minimum atomic E-state index is 0.125. The largest absolute Gasteiger partial charge is 0.372 e. The van der Waals surface area contributed by atoms with Crippen LogP contribution in [0.4, 0.5) is 0 Å². The van der Waals surface area contributed by atoms with Gasteiger partial charge in [0.05, 0.1) is 27.4 Å². The van der Waals surface area contributed by atoms with E-state index in [1.165, 1.54) is 4.70 Å². The van der Waals surface area contributed by atoms with Gasteiger partial charge in [-0.1, -0.05) is 12.1 Å². The van der Waals surface area contributed by atoms with Gasteiger partial charge in [-0.05, 0) is 26.0 Å². The van der Waals surface area contributed by atoms with Crippen molar-refractivity contribution in [3.05, 3.63) is 29.3 Å². The van der Waals surface area contributed by atoms with E-state index in [4.69, 9.17) is 4.74 Å². The van der Waals surface area contributed by atoms with E-state index in [0.717, 1.165) is 16.9 Å². The molecule has 0 unspecified atom stereocenters. The molecule has 2 aromatic rings. The van der Waals surface area contributed by atoms with E-state index in [0.29, 0.717) is 19.5 Å². The van der Waals surface area contributed by atoms with Crippen LogP contribution in [0.3, 0.4) is 0 Å². The highest BCUT2D eigenvalue weighted by molar-refractivity contribution is 7.18. The summed E-state index contributed by atoms with van der Waals surface area (Å²) in [5.74, 6) is 0.205. The highest BCUT2D eigenvalue weighted by Crippen LogP contribution is 2.23. The summed E-state index contributed by atoms with van der Waals surface area (Å²) < 4.78 is 6.85. The Morgan fingerprint density at radius 1 is 1.33 bits per heavy atom. The van der Waals surface area contributed by atoms with Gasteiger partial charge in [0.2, 0.25) is 5.91 Å². The summed E-state index contributed by atoms with van der Waals surface area (Å²) in [5, 5.41) is 1.04. The number of hydrogen-bond donors (Lipinski definition) is 0. The molecule has 2 heterocycles. The van der Waals surface area contributed by atoms with Crippen LogP contribution in [0.1, 0.15) is 25.3 Å². The van der Waals surface area contributed by atoms with Crippen molar-refractivity contribution >= 4 is 27.5 Å². The predicted octanol–water partition coefficient (Wildman–Crippen LogP) is 2.86. The number of aryl methyl sites for hydroxylation is 1. The fourth-order valence-electron chi connectivity index (χ4n) is 2.78. The third-order valence-corrected chi connectivity index (χ3v) is 4.76. The molecule has 112 valence electrons. The number of nitrogens with zero attached hydrogens (tertiary/aromatic N) is 2. The lowest BCUT2D eigenvalue weighted by Crippen LogP contribution is -2.48. The lowest BCUT2D eigenvalue weighted by molar-refractivity contribution is -0.143. The molecule has 1 fully saturated rings. The Bertz CT molecular complexity index is 597. The van der Waals surface area contributed by atoms with Gasteiger partial charge in [0.1, 0.15) is 0 Å². The van der Waals surface area contributed by atoms with Crippen LogP contribution in [0.2, 0.25) is 0 Å². The van der Waals surface area contributed by atoms with Gasteiger partial charge in [0.25, 0.3) is 0 Å². The highest BCUT2D eigenvalue weighted by Gasteiger charge is 2.25. The standard InChI is InChI=1S/C16H20N2O2S/c1-11-9-18(10-12(2)20-11)16(19)8-7-15-17-13-5-3-4-6-14(13)21-15/h3-6,11-12H,7-10H2,1-2H3/t11-,12+. The molecule has 0 bridgehead atoms. The van der Waals surface area contributed by atoms with Gasteiger partial charge in [-0.2, -0.15) is 0 Å². The molecule has 4 nitrogen and oxygen atoms in total. The first-order chi connectivity index (χ1) is 10.1. The number of morpholine rings is 1. The number of thiazole rings is 1. The zero-order chi connectivity index (χ0) is 14.8. The maximum absolute atomic E-state index is 12.3. The topological polar surface area (TPSA) is 42.4 Å². The molecule has 21 heavy (non-hydrogen) atoms. The first kappa shape index (κ1) is 14.5. The first-order valence-electron chi connectivity index (χ1n) is 7.39. The van der Waals surface area contributed by atoms with Gasteiger partial charge in [-0.25, -0.2) is 4.98 Å². The predicted molar refractivity (Wildman–Crippen MR) is 84.5 cm³/mol. The summed E-state index contributed by atoms with van der Waals surface area (Å²) in [5.41, 5.74) is 1.03. The van der Waals surface area contributed by atoms with Crippen LogP contribution in [0.5, 0.6) is 0 Å². The van der Waals surface area contributed by atoms with Crippen LogP contribution in [-0.4, -0.2) is 41.1 Å². The number of amides is 1. The van der Waals surface area contributed by atoms with E-state index in [9.17, 15) is 4.79 Å². The second-order valence-corrected chi connectivity index (χ2v) is 6.75.